The maximum absolute atomic E-state index is 10.2. The Balaban J connectivity index is 2.17. The lowest BCUT2D eigenvalue weighted by Crippen LogP contribution is -2.53. The highest BCUT2D eigenvalue weighted by Crippen LogP contribution is 2.46. The van der Waals surface area contributed by atoms with Crippen molar-refractivity contribution in [3.05, 3.63) is 23.8 Å². The second-order valence-corrected chi connectivity index (χ2v) is 5.38. The highest BCUT2D eigenvalue weighted by molar-refractivity contribution is 5.17. The Hall–Kier alpha value is -1.00. The molecule has 0 unspecified atom stereocenters. The van der Waals surface area contributed by atoms with Gasteiger partial charge in [-0.05, 0) is 18.4 Å². The quantitative estimate of drug-likeness (QED) is 0.792. The Morgan fingerprint density at radius 2 is 1.69 bits per heavy atom. The van der Waals surface area contributed by atoms with Crippen molar-refractivity contribution in [1.29, 1.82) is 0 Å². The molecule has 88 valence electrons. The standard InChI is InChI=1S/C12H18N2O2/c1-8(2)9-4-13-10(14-5-9)12(16)6-11(3,15)7-12/h4-5,8,15-16H,6-7H2,1-3H3. The molecule has 0 atom stereocenters. The topological polar surface area (TPSA) is 66.2 Å². The van der Waals surface area contributed by atoms with E-state index in [-0.39, 0.29) is 0 Å². The van der Waals surface area contributed by atoms with Crippen molar-refractivity contribution in [2.75, 3.05) is 0 Å². The number of aromatic nitrogens is 2. The fourth-order valence-corrected chi connectivity index (χ4v) is 2.24. The van der Waals surface area contributed by atoms with Crippen molar-refractivity contribution in [1.82, 2.24) is 9.97 Å². The van der Waals surface area contributed by atoms with Gasteiger partial charge < -0.3 is 10.2 Å². The largest absolute Gasteiger partial charge is 0.390 e. The third-order valence-electron chi connectivity index (χ3n) is 3.10. The van der Waals surface area contributed by atoms with E-state index in [1.807, 2.05) is 0 Å². The molecule has 0 aromatic carbocycles. The van der Waals surface area contributed by atoms with Crippen molar-refractivity contribution in [3.63, 3.8) is 0 Å². The Bertz CT molecular complexity index is 377. The fraction of sp³-hybridized carbons (Fsp3) is 0.667. The van der Waals surface area contributed by atoms with Crippen molar-refractivity contribution in [2.24, 2.45) is 0 Å². The SMILES string of the molecule is CC(C)c1cnc(C2(O)CC(C)(O)C2)nc1. The minimum absolute atomic E-state index is 0.307. The zero-order chi connectivity index (χ0) is 12.0. The molecule has 0 saturated heterocycles. The Morgan fingerprint density at radius 3 is 2.06 bits per heavy atom. The highest BCUT2D eigenvalue weighted by Gasteiger charge is 2.52. The smallest absolute Gasteiger partial charge is 0.160 e. The summed E-state index contributed by atoms with van der Waals surface area (Å²) in [5.74, 6) is 0.802. The van der Waals surface area contributed by atoms with E-state index in [0.29, 0.717) is 24.6 Å². The molecular weight excluding hydrogens is 204 g/mol. The first-order chi connectivity index (χ1) is 7.32. The molecule has 0 spiro atoms. The van der Waals surface area contributed by atoms with E-state index >= 15 is 0 Å². The Morgan fingerprint density at radius 1 is 1.19 bits per heavy atom. The molecule has 0 aliphatic heterocycles. The van der Waals surface area contributed by atoms with Gasteiger partial charge in [-0.25, -0.2) is 9.97 Å². The first-order valence-electron chi connectivity index (χ1n) is 5.60. The van der Waals surface area contributed by atoms with Gasteiger partial charge in [-0.15, -0.1) is 0 Å². The van der Waals surface area contributed by atoms with Gasteiger partial charge in [-0.1, -0.05) is 13.8 Å². The molecule has 2 N–H and O–H groups in total. The van der Waals surface area contributed by atoms with Crippen LogP contribution >= 0.6 is 0 Å². The summed E-state index contributed by atoms with van der Waals surface area (Å²) in [6, 6.07) is 0. The normalized spacial score (nSPS) is 33.9. The van der Waals surface area contributed by atoms with Crippen LogP contribution in [0.5, 0.6) is 0 Å². The molecule has 1 fully saturated rings. The summed E-state index contributed by atoms with van der Waals surface area (Å²) < 4.78 is 0. The summed E-state index contributed by atoms with van der Waals surface area (Å²) in [7, 11) is 0. The average Bonchev–Trinajstić information content (AvgIpc) is 2.14. The number of nitrogens with zero attached hydrogens (tertiary/aromatic N) is 2. The van der Waals surface area contributed by atoms with Crippen molar-refractivity contribution < 1.29 is 10.2 Å². The molecule has 1 aliphatic rings. The van der Waals surface area contributed by atoms with Gasteiger partial charge >= 0.3 is 0 Å². The molecular formula is C12H18N2O2. The maximum Gasteiger partial charge on any atom is 0.160 e. The van der Waals surface area contributed by atoms with Gasteiger partial charge in [-0.3, -0.25) is 0 Å². The molecule has 16 heavy (non-hydrogen) atoms. The van der Waals surface area contributed by atoms with Gasteiger partial charge in [0.15, 0.2) is 5.82 Å². The van der Waals surface area contributed by atoms with E-state index in [1.165, 1.54) is 0 Å². The second-order valence-electron chi connectivity index (χ2n) is 5.38. The molecule has 0 radical (unpaired) electrons. The van der Waals surface area contributed by atoms with Crippen LogP contribution in [0.1, 0.15) is 50.9 Å². The van der Waals surface area contributed by atoms with E-state index in [2.05, 4.69) is 23.8 Å². The molecule has 1 aromatic rings. The van der Waals surface area contributed by atoms with Gasteiger partial charge in [-0.2, -0.15) is 0 Å². The van der Waals surface area contributed by atoms with Crippen molar-refractivity contribution in [2.45, 2.75) is 50.7 Å². The molecule has 0 amide bonds. The van der Waals surface area contributed by atoms with Crippen molar-refractivity contribution >= 4 is 0 Å². The third-order valence-corrected chi connectivity index (χ3v) is 3.10. The van der Waals surface area contributed by atoms with Crippen LogP contribution in [-0.2, 0) is 5.60 Å². The van der Waals surface area contributed by atoms with Crippen LogP contribution in [-0.4, -0.2) is 25.8 Å². The number of hydrogen-bond donors (Lipinski definition) is 2. The highest BCUT2D eigenvalue weighted by atomic mass is 16.3. The lowest BCUT2D eigenvalue weighted by Gasteiger charge is -2.46. The summed E-state index contributed by atoms with van der Waals surface area (Å²) in [4.78, 5) is 8.37. The van der Waals surface area contributed by atoms with E-state index < -0.39 is 11.2 Å². The van der Waals surface area contributed by atoms with E-state index in [1.54, 1.807) is 19.3 Å². The van der Waals surface area contributed by atoms with E-state index in [9.17, 15) is 10.2 Å². The van der Waals surface area contributed by atoms with Gasteiger partial charge in [0.25, 0.3) is 0 Å². The van der Waals surface area contributed by atoms with Gasteiger partial charge in [0.05, 0.1) is 5.60 Å². The molecule has 1 aromatic heterocycles. The third kappa shape index (κ3) is 1.95. The summed E-state index contributed by atoms with van der Waals surface area (Å²) in [5.41, 5.74) is -0.771. The minimum atomic E-state index is -1.04. The van der Waals surface area contributed by atoms with Crippen molar-refractivity contribution in [3.8, 4) is 0 Å². The summed E-state index contributed by atoms with van der Waals surface area (Å²) in [6.45, 7) is 5.85. The van der Waals surface area contributed by atoms with Crippen LogP contribution in [0.25, 0.3) is 0 Å². The van der Waals surface area contributed by atoms with Crippen LogP contribution in [0.4, 0.5) is 0 Å². The number of rotatable bonds is 2. The molecule has 1 aliphatic carbocycles. The average molecular weight is 222 g/mol. The lowest BCUT2D eigenvalue weighted by atomic mass is 9.68. The van der Waals surface area contributed by atoms with Gasteiger partial charge in [0, 0.05) is 25.2 Å². The minimum Gasteiger partial charge on any atom is -0.390 e. The summed E-state index contributed by atoms with van der Waals surface area (Å²) >= 11 is 0. The van der Waals surface area contributed by atoms with Gasteiger partial charge in [0.2, 0.25) is 0 Å². The van der Waals surface area contributed by atoms with Crippen LogP contribution in [0.3, 0.4) is 0 Å². The van der Waals surface area contributed by atoms with E-state index in [0.717, 1.165) is 5.56 Å². The number of hydrogen-bond acceptors (Lipinski definition) is 4. The zero-order valence-corrected chi connectivity index (χ0v) is 9.94. The predicted molar refractivity (Wildman–Crippen MR) is 59.9 cm³/mol. The molecule has 2 rings (SSSR count). The predicted octanol–water partition coefficient (Wildman–Crippen LogP) is 1.33. The van der Waals surface area contributed by atoms with Crippen LogP contribution in [0.2, 0.25) is 0 Å². The molecule has 1 saturated carbocycles. The zero-order valence-electron chi connectivity index (χ0n) is 9.94. The monoisotopic (exact) mass is 222 g/mol. The second kappa shape index (κ2) is 3.50. The summed E-state index contributed by atoms with van der Waals surface area (Å²) in [5, 5.41) is 19.8. The van der Waals surface area contributed by atoms with Gasteiger partial charge in [0.1, 0.15) is 5.60 Å². The van der Waals surface area contributed by atoms with Crippen LogP contribution in [0, 0.1) is 0 Å². The molecule has 1 heterocycles. The first-order valence-corrected chi connectivity index (χ1v) is 5.60. The van der Waals surface area contributed by atoms with Crippen LogP contribution < -0.4 is 0 Å². The molecule has 4 nitrogen and oxygen atoms in total. The number of aliphatic hydroxyl groups is 2. The fourth-order valence-electron chi connectivity index (χ4n) is 2.24. The molecule has 0 bridgehead atoms. The molecule has 4 heteroatoms. The van der Waals surface area contributed by atoms with E-state index in [4.69, 9.17) is 0 Å². The van der Waals surface area contributed by atoms with Crippen LogP contribution in [0.15, 0.2) is 12.4 Å². The Kier molecular flexibility index (Phi) is 2.51. The Labute approximate surface area is 95.4 Å². The first kappa shape index (κ1) is 11.5. The summed E-state index contributed by atoms with van der Waals surface area (Å²) in [6.07, 6.45) is 4.11. The lowest BCUT2D eigenvalue weighted by molar-refractivity contribution is -0.180. The maximum atomic E-state index is 10.2.